The monoisotopic (exact) mass is 482 g/mol. The Morgan fingerprint density at radius 1 is 1.24 bits per heavy atom. The Balaban J connectivity index is 0.00000225. The van der Waals surface area contributed by atoms with Gasteiger partial charge in [-0.1, -0.05) is 12.8 Å². The fraction of sp³-hybridized carbons (Fsp3) is 0.588. The van der Waals surface area contributed by atoms with Gasteiger partial charge in [0, 0.05) is 36.2 Å². The Morgan fingerprint density at radius 3 is 2.60 bits per heavy atom. The van der Waals surface area contributed by atoms with Crippen LogP contribution in [0, 0.1) is 11.6 Å². The Bertz CT molecular complexity index is 602. The third kappa shape index (κ3) is 5.19. The number of hydrogen-bond acceptors (Lipinski definition) is 3. The molecule has 3 N–H and O–H groups in total. The van der Waals surface area contributed by atoms with Gasteiger partial charge in [0.1, 0.15) is 11.6 Å². The summed E-state index contributed by atoms with van der Waals surface area (Å²) in [6, 6.07) is 3.25. The maximum Gasteiger partial charge on any atom is 0.193 e. The molecule has 0 bridgehead atoms. The molecule has 1 saturated heterocycles. The molecule has 1 aromatic carbocycles. The van der Waals surface area contributed by atoms with E-state index in [4.69, 9.17) is 5.73 Å². The molecule has 3 rings (SSSR count). The van der Waals surface area contributed by atoms with Gasteiger partial charge in [-0.15, -0.1) is 24.0 Å². The SMILES string of the molecule is I.NC(=NCC1(N2CCSCC2)CCCC1)Nc1cc(F)ccc1F. The molecule has 0 radical (unpaired) electrons. The van der Waals surface area contributed by atoms with Crippen molar-refractivity contribution in [3.63, 3.8) is 0 Å². The summed E-state index contributed by atoms with van der Waals surface area (Å²) in [5.41, 5.74) is 6.02. The fourth-order valence-corrected chi connectivity index (χ4v) is 4.55. The van der Waals surface area contributed by atoms with Gasteiger partial charge in [0.2, 0.25) is 0 Å². The van der Waals surface area contributed by atoms with Crippen molar-refractivity contribution in [1.29, 1.82) is 0 Å². The number of aliphatic imine (C=N–C) groups is 1. The molecular weight excluding hydrogens is 457 g/mol. The standard InChI is InChI=1S/C17H24F2N4S.HI/c18-13-3-4-14(19)15(11-13)22-16(20)21-12-17(5-1-2-6-17)23-7-9-24-10-8-23;/h3-4,11H,1-2,5-10,12H2,(H3,20,21,22);1H. The number of nitrogens with two attached hydrogens (primary N) is 1. The van der Waals surface area contributed by atoms with Crippen LogP contribution in [-0.4, -0.2) is 47.5 Å². The second-order valence-corrected chi connectivity index (χ2v) is 7.71. The lowest BCUT2D eigenvalue weighted by Crippen LogP contribution is -2.52. The number of nitrogens with one attached hydrogen (secondary N) is 1. The molecule has 2 fully saturated rings. The first-order chi connectivity index (χ1) is 11.6. The third-order valence-electron chi connectivity index (χ3n) is 4.95. The number of halogens is 3. The quantitative estimate of drug-likeness (QED) is 0.391. The lowest BCUT2D eigenvalue weighted by atomic mass is 9.95. The number of hydrogen-bond donors (Lipinski definition) is 2. The smallest absolute Gasteiger partial charge is 0.193 e. The van der Waals surface area contributed by atoms with Crippen molar-refractivity contribution in [2.75, 3.05) is 36.5 Å². The number of anilines is 1. The molecule has 0 spiro atoms. The second kappa shape index (κ2) is 9.36. The average Bonchev–Trinajstić information content (AvgIpc) is 3.07. The largest absolute Gasteiger partial charge is 0.370 e. The summed E-state index contributed by atoms with van der Waals surface area (Å²) in [7, 11) is 0. The van der Waals surface area contributed by atoms with Crippen LogP contribution >= 0.6 is 35.7 Å². The van der Waals surface area contributed by atoms with Gasteiger partial charge in [0.05, 0.1) is 12.2 Å². The van der Waals surface area contributed by atoms with Crippen LogP contribution in [0.5, 0.6) is 0 Å². The Hall–Kier alpha value is -0.610. The normalized spacial score (nSPS) is 21.0. The molecular formula is C17H25F2IN4S. The van der Waals surface area contributed by atoms with E-state index < -0.39 is 11.6 Å². The number of nitrogens with zero attached hydrogens (tertiary/aromatic N) is 2. The average molecular weight is 482 g/mol. The number of guanidine groups is 1. The van der Waals surface area contributed by atoms with E-state index in [0.29, 0.717) is 6.54 Å². The van der Waals surface area contributed by atoms with Crippen LogP contribution in [0.25, 0.3) is 0 Å². The molecule has 4 nitrogen and oxygen atoms in total. The van der Waals surface area contributed by atoms with Crippen LogP contribution in [0.1, 0.15) is 25.7 Å². The van der Waals surface area contributed by atoms with Crippen molar-refractivity contribution in [3.8, 4) is 0 Å². The molecule has 0 amide bonds. The summed E-state index contributed by atoms with van der Waals surface area (Å²) in [6.45, 7) is 2.78. The number of thioether (sulfide) groups is 1. The first-order valence-corrected chi connectivity index (χ1v) is 9.59. The molecule has 8 heteroatoms. The van der Waals surface area contributed by atoms with Crippen molar-refractivity contribution >= 4 is 47.4 Å². The predicted octanol–water partition coefficient (Wildman–Crippen LogP) is 3.67. The Labute approximate surface area is 169 Å². The highest BCUT2D eigenvalue weighted by Crippen LogP contribution is 2.37. The molecule has 0 aromatic heterocycles. The van der Waals surface area contributed by atoms with Gasteiger partial charge in [-0.25, -0.2) is 8.78 Å². The minimum Gasteiger partial charge on any atom is -0.370 e. The summed E-state index contributed by atoms with van der Waals surface area (Å²) in [4.78, 5) is 7.02. The topological polar surface area (TPSA) is 53.6 Å². The lowest BCUT2D eigenvalue weighted by molar-refractivity contribution is 0.112. The zero-order valence-corrected chi connectivity index (χ0v) is 17.3. The van der Waals surface area contributed by atoms with Crippen LogP contribution in [0.4, 0.5) is 14.5 Å². The van der Waals surface area contributed by atoms with Gasteiger partial charge >= 0.3 is 0 Å². The predicted molar refractivity (Wildman–Crippen MR) is 112 cm³/mol. The van der Waals surface area contributed by atoms with Crippen LogP contribution < -0.4 is 11.1 Å². The van der Waals surface area contributed by atoms with Gasteiger partial charge in [0.25, 0.3) is 0 Å². The zero-order valence-electron chi connectivity index (χ0n) is 14.1. The van der Waals surface area contributed by atoms with E-state index in [1.54, 1.807) is 0 Å². The van der Waals surface area contributed by atoms with Crippen molar-refractivity contribution < 1.29 is 8.78 Å². The molecule has 140 valence electrons. The molecule has 1 saturated carbocycles. The minimum absolute atomic E-state index is 0. The van der Waals surface area contributed by atoms with Gasteiger partial charge in [-0.2, -0.15) is 11.8 Å². The zero-order chi connectivity index (χ0) is 17.0. The van der Waals surface area contributed by atoms with Gasteiger partial charge in [-0.3, -0.25) is 9.89 Å². The summed E-state index contributed by atoms with van der Waals surface area (Å²) in [6.07, 6.45) is 4.68. The number of rotatable bonds is 4. The highest BCUT2D eigenvalue weighted by molar-refractivity contribution is 14.0. The minimum atomic E-state index is -0.543. The molecule has 0 unspecified atom stereocenters. The summed E-state index contributed by atoms with van der Waals surface area (Å²) in [5, 5.41) is 2.69. The maximum absolute atomic E-state index is 13.7. The van der Waals surface area contributed by atoms with Gasteiger partial charge in [-0.05, 0) is 25.0 Å². The lowest BCUT2D eigenvalue weighted by Gasteiger charge is -2.42. The molecule has 1 aliphatic heterocycles. The first kappa shape index (κ1) is 20.7. The van der Waals surface area contributed by atoms with Crippen LogP contribution in [0.3, 0.4) is 0 Å². The number of benzene rings is 1. The summed E-state index contributed by atoms with van der Waals surface area (Å²) in [5.74, 6) is 1.40. The molecule has 1 aliphatic carbocycles. The fourth-order valence-electron chi connectivity index (χ4n) is 3.65. The Morgan fingerprint density at radius 2 is 1.92 bits per heavy atom. The van der Waals surface area contributed by atoms with Crippen molar-refractivity contribution in [3.05, 3.63) is 29.8 Å². The third-order valence-corrected chi connectivity index (χ3v) is 5.89. The Kier molecular flexibility index (Phi) is 7.75. The second-order valence-electron chi connectivity index (χ2n) is 6.48. The molecule has 1 heterocycles. The van der Waals surface area contributed by atoms with E-state index in [1.807, 2.05) is 11.8 Å². The molecule has 25 heavy (non-hydrogen) atoms. The van der Waals surface area contributed by atoms with Crippen molar-refractivity contribution in [1.82, 2.24) is 4.90 Å². The van der Waals surface area contributed by atoms with E-state index in [9.17, 15) is 8.78 Å². The van der Waals surface area contributed by atoms with Crippen molar-refractivity contribution in [2.45, 2.75) is 31.2 Å². The maximum atomic E-state index is 13.7. The molecule has 2 aliphatic rings. The highest BCUT2D eigenvalue weighted by atomic mass is 127. The summed E-state index contributed by atoms with van der Waals surface area (Å²) < 4.78 is 26.9. The van der Waals surface area contributed by atoms with Crippen molar-refractivity contribution in [2.24, 2.45) is 10.7 Å². The summed E-state index contributed by atoms with van der Waals surface area (Å²) >= 11 is 1.99. The van der Waals surface area contributed by atoms with E-state index in [2.05, 4.69) is 15.2 Å². The van der Waals surface area contributed by atoms with Crippen LogP contribution in [-0.2, 0) is 0 Å². The van der Waals surface area contributed by atoms with E-state index in [1.165, 1.54) is 12.8 Å². The van der Waals surface area contributed by atoms with Gasteiger partial charge < -0.3 is 11.1 Å². The highest BCUT2D eigenvalue weighted by Gasteiger charge is 2.39. The van der Waals surface area contributed by atoms with E-state index in [-0.39, 0.29) is 41.2 Å². The van der Waals surface area contributed by atoms with E-state index >= 15 is 0 Å². The molecule has 1 aromatic rings. The van der Waals surface area contributed by atoms with Gasteiger partial charge in [0.15, 0.2) is 5.96 Å². The van der Waals surface area contributed by atoms with E-state index in [0.717, 1.165) is 55.6 Å². The van der Waals surface area contributed by atoms with Crippen LogP contribution in [0.15, 0.2) is 23.2 Å². The molecule has 0 atom stereocenters. The first-order valence-electron chi connectivity index (χ1n) is 8.44. The van der Waals surface area contributed by atoms with Crippen LogP contribution in [0.2, 0.25) is 0 Å².